The topological polar surface area (TPSA) is 0 Å². The van der Waals surface area contributed by atoms with Gasteiger partial charge in [-0.2, -0.15) is 0 Å². The average Bonchev–Trinajstić information content (AvgIpc) is 2.25. The number of hydrogen-bond donors (Lipinski definition) is 0. The standard InChI is InChI=1S/C14H21.K.H/c1-2-3-4-5-6-8-11-14-12-9-7-10-13-14;;/h9-10,12-13H,2-6,8,11H2,1H3;;. The Kier molecular flexibility index (Phi) is 12.0. The van der Waals surface area contributed by atoms with Gasteiger partial charge < -0.3 is 0 Å². The first-order chi connectivity index (χ1) is 6.93. The zero-order valence-corrected chi connectivity index (χ0v) is 9.26. The summed E-state index contributed by atoms with van der Waals surface area (Å²) in [4.78, 5) is 0. The molecule has 0 nitrogen and oxygen atoms in total. The first kappa shape index (κ1) is 15.9. The average molecular weight is 229 g/mol. The fourth-order valence-corrected chi connectivity index (χ4v) is 1.70. The van der Waals surface area contributed by atoms with Gasteiger partial charge in [-0.05, 0) is 24.5 Å². The van der Waals surface area contributed by atoms with Gasteiger partial charge in [0.2, 0.25) is 0 Å². The Morgan fingerprint density at radius 3 is 2.20 bits per heavy atom. The molecule has 0 bridgehead atoms. The van der Waals surface area contributed by atoms with Gasteiger partial charge in [0.25, 0.3) is 0 Å². The van der Waals surface area contributed by atoms with Crippen molar-refractivity contribution in [1.29, 1.82) is 0 Å². The number of aryl methyl sites for hydroxylation is 1. The van der Waals surface area contributed by atoms with Crippen LogP contribution in [0.1, 0.15) is 51.0 Å². The SMILES string of the molecule is CCCCCCCCc1cc[c]cc1.[KH]. The maximum atomic E-state index is 3.05. The molecule has 0 aliphatic carbocycles. The molecule has 0 saturated carbocycles. The molecule has 1 aromatic rings. The van der Waals surface area contributed by atoms with Crippen LogP contribution >= 0.6 is 0 Å². The third-order valence-electron chi connectivity index (χ3n) is 2.61. The van der Waals surface area contributed by atoms with Crippen LogP contribution in [0.25, 0.3) is 0 Å². The first-order valence-corrected chi connectivity index (χ1v) is 5.88. The molecule has 0 N–H and O–H groups in total. The Bertz CT molecular complexity index is 218. The molecule has 0 unspecified atom stereocenters. The molecule has 0 aromatic heterocycles. The van der Waals surface area contributed by atoms with Crippen molar-refractivity contribution in [2.75, 3.05) is 0 Å². The second-order valence-electron chi connectivity index (χ2n) is 3.93. The van der Waals surface area contributed by atoms with Gasteiger partial charge in [0, 0.05) is 0 Å². The van der Waals surface area contributed by atoms with Crippen LogP contribution in [0.3, 0.4) is 0 Å². The van der Waals surface area contributed by atoms with Crippen molar-refractivity contribution in [3.63, 3.8) is 0 Å². The number of rotatable bonds is 7. The van der Waals surface area contributed by atoms with Gasteiger partial charge in [0.05, 0.1) is 0 Å². The predicted molar refractivity (Wildman–Crippen MR) is 69.5 cm³/mol. The third-order valence-corrected chi connectivity index (χ3v) is 2.61. The summed E-state index contributed by atoms with van der Waals surface area (Å²) in [6.07, 6.45) is 9.54. The molecule has 0 amide bonds. The van der Waals surface area contributed by atoms with Crippen molar-refractivity contribution in [2.45, 2.75) is 51.9 Å². The van der Waals surface area contributed by atoms with Crippen molar-refractivity contribution in [1.82, 2.24) is 0 Å². The molecule has 79 valence electrons. The number of hydrogen-bond acceptors (Lipinski definition) is 0. The summed E-state index contributed by atoms with van der Waals surface area (Å²) in [5, 5.41) is 0. The Morgan fingerprint density at radius 2 is 1.53 bits per heavy atom. The van der Waals surface area contributed by atoms with E-state index in [0.717, 1.165) is 0 Å². The van der Waals surface area contributed by atoms with Crippen molar-refractivity contribution in [2.24, 2.45) is 0 Å². The van der Waals surface area contributed by atoms with E-state index in [9.17, 15) is 0 Å². The summed E-state index contributed by atoms with van der Waals surface area (Å²) in [6.45, 7) is 2.26. The van der Waals surface area contributed by atoms with Crippen LogP contribution in [-0.2, 0) is 6.42 Å². The number of unbranched alkanes of at least 4 members (excludes halogenated alkanes) is 5. The van der Waals surface area contributed by atoms with Gasteiger partial charge in [0.15, 0.2) is 0 Å². The molecule has 1 rings (SSSR count). The molecule has 1 aromatic carbocycles. The predicted octanol–water partition coefficient (Wildman–Crippen LogP) is 3.74. The molecule has 15 heavy (non-hydrogen) atoms. The zero-order chi connectivity index (χ0) is 10.1. The molecule has 0 heterocycles. The molecule has 0 aliphatic heterocycles. The quantitative estimate of drug-likeness (QED) is 0.493. The van der Waals surface area contributed by atoms with Crippen LogP contribution in [-0.4, -0.2) is 51.4 Å². The number of benzene rings is 1. The molecule has 1 heteroatoms. The van der Waals surface area contributed by atoms with E-state index in [-0.39, 0.29) is 51.4 Å². The van der Waals surface area contributed by atoms with E-state index in [1.54, 1.807) is 0 Å². The summed E-state index contributed by atoms with van der Waals surface area (Å²) in [5.41, 5.74) is 1.46. The van der Waals surface area contributed by atoms with E-state index in [0.29, 0.717) is 0 Å². The van der Waals surface area contributed by atoms with Crippen molar-refractivity contribution < 1.29 is 0 Å². The molecule has 0 spiro atoms. The van der Waals surface area contributed by atoms with Gasteiger partial charge in [0.1, 0.15) is 0 Å². The van der Waals surface area contributed by atoms with E-state index >= 15 is 0 Å². The Hall–Kier alpha value is 0.856. The van der Waals surface area contributed by atoms with E-state index in [2.05, 4.69) is 25.1 Å². The Balaban J connectivity index is 0.00000196. The summed E-state index contributed by atoms with van der Waals surface area (Å²) < 4.78 is 0. The Labute approximate surface area is 137 Å². The fourth-order valence-electron chi connectivity index (χ4n) is 1.70. The van der Waals surface area contributed by atoms with Gasteiger partial charge in [-0.1, -0.05) is 63.3 Å². The normalized spacial score (nSPS) is 9.67. The minimum absolute atomic E-state index is 0. The second kappa shape index (κ2) is 11.3. The maximum absolute atomic E-state index is 3.05. The van der Waals surface area contributed by atoms with Crippen LogP contribution in [0.2, 0.25) is 0 Å². The molecule has 0 aliphatic rings. The van der Waals surface area contributed by atoms with Crippen LogP contribution in [0, 0.1) is 6.07 Å². The van der Waals surface area contributed by atoms with Crippen molar-refractivity contribution >= 4 is 51.4 Å². The van der Waals surface area contributed by atoms with Crippen molar-refractivity contribution in [3.05, 3.63) is 35.9 Å². The Morgan fingerprint density at radius 1 is 0.933 bits per heavy atom. The van der Waals surface area contributed by atoms with Gasteiger partial charge in [-0.25, -0.2) is 0 Å². The van der Waals surface area contributed by atoms with E-state index in [4.69, 9.17) is 0 Å². The zero-order valence-electron chi connectivity index (χ0n) is 9.26. The van der Waals surface area contributed by atoms with Gasteiger partial charge in [-0.3, -0.25) is 0 Å². The van der Waals surface area contributed by atoms with E-state index in [1.165, 1.54) is 50.5 Å². The first-order valence-electron chi connectivity index (χ1n) is 5.88. The second-order valence-corrected chi connectivity index (χ2v) is 3.93. The van der Waals surface area contributed by atoms with Gasteiger partial charge >= 0.3 is 51.4 Å². The van der Waals surface area contributed by atoms with Crippen LogP contribution in [0.5, 0.6) is 0 Å². The minimum atomic E-state index is 0. The van der Waals surface area contributed by atoms with Crippen LogP contribution in [0.4, 0.5) is 0 Å². The molecule has 0 saturated heterocycles. The summed E-state index contributed by atoms with van der Waals surface area (Å²) in [7, 11) is 0. The summed E-state index contributed by atoms with van der Waals surface area (Å²) >= 11 is 0. The molecule has 1 radical (unpaired) electrons. The van der Waals surface area contributed by atoms with E-state index in [1.807, 2.05) is 12.1 Å². The molecule has 0 fully saturated rings. The van der Waals surface area contributed by atoms with Crippen LogP contribution in [0.15, 0.2) is 24.3 Å². The van der Waals surface area contributed by atoms with Crippen molar-refractivity contribution in [3.8, 4) is 0 Å². The summed E-state index contributed by atoms with van der Waals surface area (Å²) in [5.74, 6) is 0. The monoisotopic (exact) mass is 229 g/mol. The third kappa shape index (κ3) is 8.64. The van der Waals surface area contributed by atoms with Gasteiger partial charge in [-0.15, -0.1) is 0 Å². The summed E-state index contributed by atoms with van der Waals surface area (Å²) in [6, 6.07) is 11.4. The molecular weight excluding hydrogens is 207 g/mol. The fraction of sp³-hybridized carbons (Fsp3) is 0.571. The van der Waals surface area contributed by atoms with Crippen LogP contribution < -0.4 is 0 Å². The molecular formula is C14H22K. The molecule has 0 atom stereocenters. The van der Waals surface area contributed by atoms with E-state index < -0.39 is 0 Å².